The number of hydrogen-bond acceptors (Lipinski definition) is 5. The van der Waals surface area contributed by atoms with Gasteiger partial charge in [-0.1, -0.05) is 73.9 Å². The SMILES string of the molecule is O=C(CS(=O)(=O)C1CC1)c1ccc(C2(C(=O)OCc3ccccc3)CCCCC2)cc1. The summed E-state index contributed by atoms with van der Waals surface area (Å²) >= 11 is 0. The molecule has 2 aromatic carbocycles. The third kappa shape index (κ3) is 4.90. The first-order chi connectivity index (χ1) is 14.9. The van der Waals surface area contributed by atoms with Crippen LogP contribution in [0.1, 0.15) is 66.4 Å². The summed E-state index contributed by atoms with van der Waals surface area (Å²) in [6.45, 7) is 0.233. The molecule has 0 unspecified atom stereocenters. The number of esters is 1. The molecule has 2 aliphatic carbocycles. The van der Waals surface area contributed by atoms with Gasteiger partial charge in [-0.05, 0) is 36.8 Å². The molecule has 0 radical (unpaired) electrons. The fourth-order valence-electron chi connectivity index (χ4n) is 4.41. The zero-order valence-electron chi connectivity index (χ0n) is 17.6. The molecule has 2 aromatic rings. The highest BCUT2D eigenvalue weighted by Crippen LogP contribution is 2.41. The predicted octanol–water partition coefficient (Wildman–Crippen LogP) is 4.39. The molecular formula is C25H28O5S. The second-order valence-corrected chi connectivity index (χ2v) is 11.0. The maximum Gasteiger partial charge on any atom is 0.316 e. The van der Waals surface area contributed by atoms with E-state index in [4.69, 9.17) is 4.74 Å². The monoisotopic (exact) mass is 440 g/mol. The van der Waals surface area contributed by atoms with Crippen molar-refractivity contribution in [2.45, 2.75) is 62.2 Å². The van der Waals surface area contributed by atoms with Crippen LogP contribution in [0.15, 0.2) is 54.6 Å². The Hall–Kier alpha value is -2.47. The first-order valence-electron chi connectivity index (χ1n) is 11.0. The average Bonchev–Trinajstić information content (AvgIpc) is 3.65. The lowest BCUT2D eigenvalue weighted by atomic mass is 9.69. The molecule has 5 nitrogen and oxygen atoms in total. The van der Waals surface area contributed by atoms with E-state index in [1.807, 2.05) is 30.3 Å². The van der Waals surface area contributed by atoms with Crippen molar-refractivity contribution in [1.82, 2.24) is 0 Å². The van der Waals surface area contributed by atoms with Crippen molar-refractivity contribution >= 4 is 21.6 Å². The van der Waals surface area contributed by atoms with Gasteiger partial charge in [-0.25, -0.2) is 8.42 Å². The van der Waals surface area contributed by atoms with Crippen LogP contribution in [0.25, 0.3) is 0 Å². The zero-order chi connectivity index (χ0) is 21.9. The van der Waals surface area contributed by atoms with E-state index in [-0.39, 0.29) is 23.6 Å². The van der Waals surface area contributed by atoms with Gasteiger partial charge in [0.1, 0.15) is 12.4 Å². The Labute approximate surface area is 183 Å². The lowest BCUT2D eigenvalue weighted by Crippen LogP contribution is -2.39. The Morgan fingerprint density at radius 2 is 1.55 bits per heavy atom. The van der Waals surface area contributed by atoms with Gasteiger partial charge in [-0.2, -0.15) is 0 Å². The van der Waals surface area contributed by atoms with Crippen molar-refractivity contribution in [3.63, 3.8) is 0 Å². The Kier molecular flexibility index (Phi) is 6.28. The topological polar surface area (TPSA) is 77.5 Å². The molecule has 0 bridgehead atoms. The molecule has 0 heterocycles. The molecule has 164 valence electrons. The van der Waals surface area contributed by atoms with Gasteiger partial charge in [0.05, 0.1) is 10.7 Å². The molecule has 0 saturated heterocycles. The van der Waals surface area contributed by atoms with Gasteiger partial charge in [-0.15, -0.1) is 0 Å². The zero-order valence-corrected chi connectivity index (χ0v) is 18.4. The minimum absolute atomic E-state index is 0.230. The van der Waals surface area contributed by atoms with Crippen molar-refractivity contribution in [3.8, 4) is 0 Å². The predicted molar refractivity (Wildman–Crippen MR) is 119 cm³/mol. The highest BCUT2D eigenvalue weighted by molar-refractivity contribution is 7.93. The van der Waals surface area contributed by atoms with E-state index in [1.54, 1.807) is 24.3 Å². The van der Waals surface area contributed by atoms with Crippen LogP contribution in [-0.2, 0) is 31.4 Å². The third-order valence-corrected chi connectivity index (χ3v) is 8.59. The van der Waals surface area contributed by atoms with Gasteiger partial charge in [0.25, 0.3) is 0 Å². The van der Waals surface area contributed by atoms with E-state index >= 15 is 0 Å². The van der Waals surface area contributed by atoms with Crippen LogP contribution in [0.5, 0.6) is 0 Å². The van der Waals surface area contributed by atoms with Gasteiger partial charge >= 0.3 is 5.97 Å². The van der Waals surface area contributed by atoms with E-state index in [0.29, 0.717) is 31.2 Å². The quantitative estimate of drug-likeness (QED) is 0.449. The lowest BCUT2D eigenvalue weighted by molar-refractivity contribution is -0.153. The fourth-order valence-corrected chi connectivity index (χ4v) is 6.04. The largest absolute Gasteiger partial charge is 0.460 e. The van der Waals surface area contributed by atoms with Crippen LogP contribution in [0.4, 0.5) is 0 Å². The van der Waals surface area contributed by atoms with Crippen molar-refractivity contribution in [1.29, 1.82) is 0 Å². The number of carbonyl (C=O) groups excluding carboxylic acids is 2. The summed E-state index contributed by atoms with van der Waals surface area (Å²) in [6.07, 6.45) is 5.71. The molecule has 0 aromatic heterocycles. The number of sulfone groups is 1. The van der Waals surface area contributed by atoms with Gasteiger partial charge in [0.2, 0.25) is 0 Å². The molecule has 2 fully saturated rings. The molecule has 2 saturated carbocycles. The van der Waals surface area contributed by atoms with Crippen LogP contribution < -0.4 is 0 Å². The van der Waals surface area contributed by atoms with E-state index < -0.39 is 21.0 Å². The highest BCUT2D eigenvalue weighted by atomic mass is 32.2. The number of hydrogen-bond donors (Lipinski definition) is 0. The van der Waals surface area contributed by atoms with Gasteiger partial charge in [0, 0.05) is 5.56 Å². The number of ether oxygens (including phenoxy) is 1. The third-order valence-electron chi connectivity index (χ3n) is 6.43. The van der Waals surface area contributed by atoms with Crippen LogP contribution in [0.3, 0.4) is 0 Å². The van der Waals surface area contributed by atoms with Gasteiger partial charge in [0.15, 0.2) is 15.6 Å². The minimum atomic E-state index is -3.35. The second-order valence-electron chi connectivity index (χ2n) is 8.71. The Morgan fingerprint density at radius 3 is 2.16 bits per heavy atom. The van der Waals surface area contributed by atoms with Gasteiger partial charge < -0.3 is 4.74 Å². The number of rotatable bonds is 8. The Balaban J connectivity index is 1.50. The average molecular weight is 441 g/mol. The number of benzene rings is 2. The Morgan fingerprint density at radius 1 is 0.903 bits per heavy atom. The lowest BCUT2D eigenvalue weighted by Gasteiger charge is -2.35. The normalized spacial score (nSPS) is 18.3. The summed E-state index contributed by atoms with van der Waals surface area (Å²) in [5.41, 5.74) is 1.44. The standard InChI is InChI=1S/C25H28O5S/c26-23(18-31(28,29)22-13-14-22)20-9-11-21(12-10-20)25(15-5-2-6-16-25)24(27)30-17-19-7-3-1-4-8-19/h1,3-4,7-12,22H,2,5-6,13-18H2. The number of carbonyl (C=O) groups is 2. The maximum atomic E-state index is 13.2. The van der Waals surface area contributed by atoms with E-state index in [2.05, 4.69) is 0 Å². The van der Waals surface area contributed by atoms with E-state index in [9.17, 15) is 18.0 Å². The highest BCUT2D eigenvalue weighted by Gasteiger charge is 2.43. The van der Waals surface area contributed by atoms with Crippen molar-refractivity contribution < 1.29 is 22.7 Å². The molecule has 31 heavy (non-hydrogen) atoms. The molecule has 2 aliphatic rings. The first kappa shape index (κ1) is 21.8. The number of Topliss-reactive ketones (excluding diaryl/α,β-unsaturated/α-hetero) is 1. The molecule has 0 aliphatic heterocycles. The van der Waals surface area contributed by atoms with E-state index in [1.165, 1.54) is 0 Å². The molecule has 6 heteroatoms. The van der Waals surface area contributed by atoms with Crippen LogP contribution in [0, 0.1) is 0 Å². The summed E-state index contributed by atoms with van der Waals surface area (Å²) < 4.78 is 30.0. The van der Waals surface area contributed by atoms with Gasteiger partial charge in [-0.3, -0.25) is 9.59 Å². The molecular weight excluding hydrogens is 412 g/mol. The molecule has 0 spiro atoms. The fraction of sp³-hybridized carbons (Fsp3) is 0.440. The minimum Gasteiger partial charge on any atom is -0.460 e. The summed E-state index contributed by atoms with van der Waals surface area (Å²) in [7, 11) is -3.35. The first-order valence-corrected chi connectivity index (χ1v) is 12.7. The van der Waals surface area contributed by atoms with Crippen LogP contribution in [0.2, 0.25) is 0 Å². The number of ketones is 1. The summed E-state index contributed by atoms with van der Waals surface area (Å²) in [6, 6.07) is 16.5. The molecule has 4 rings (SSSR count). The molecule has 0 amide bonds. The summed E-state index contributed by atoms with van der Waals surface area (Å²) in [4.78, 5) is 25.7. The molecule has 0 atom stereocenters. The van der Waals surface area contributed by atoms with Crippen LogP contribution in [-0.4, -0.2) is 31.2 Å². The smallest absolute Gasteiger partial charge is 0.316 e. The van der Waals surface area contributed by atoms with Crippen molar-refractivity contribution in [3.05, 3.63) is 71.3 Å². The summed E-state index contributed by atoms with van der Waals surface area (Å²) in [5, 5.41) is -0.347. The maximum absolute atomic E-state index is 13.2. The molecule has 0 N–H and O–H groups in total. The van der Waals surface area contributed by atoms with E-state index in [0.717, 1.165) is 30.4 Å². The van der Waals surface area contributed by atoms with Crippen molar-refractivity contribution in [2.24, 2.45) is 0 Å². The second kappa shape index (κ2) is 8.95. The Bertz CT molecular complexity index is 1030. The summed E-state index contributed by atoms with van der Waals surface area (Å²) in [5.74, 6) is -1.06. The van der Waals surface area contributed by atoms with Crippen molar-refractivity contribution in [2.75, 3.05) is 5.75 Å². The van der Waals surface area contributed by atoms with Crippen LogP contribution >= 0.6 is 0 Å².